The first-order chi connectivity index (χ1) is 9.02. The number of hydrogen-bond donors (Lipinski definition) is 0. The van der Waals surface area contributed by atoms with Gasteiger partial charge in [0, 0.05) is 13.0 Å². The minimum absolute atomic E-state index is 0.0613. The molecule has 1 aromatic carbocycles. The fourth-order valence-corrected chi connectivity index (χ4v) is 2.36. The number of rotatable bonds is 4. The minimum Gasteiger partial charge on any atom is -0.292 e. The minimum atomic E-state index is -0.356. The molecule has 3 nitrogen and oxygen atoms in total. The van der Waals surface area contributed by atoms with Gasteiger partial charge >= 0.3 is 0 Å². The van der Waals surface area contributed by atoms with Crippen LogP contribution in [0.5, 0.6) is 0 Å². The summed E-state index contributed by atoms with van der Waals surface area (Å²) in [5, 5.41) is 4.24. The smallest absolute Gasteiger partial charge is 0.185 e. The molecule has 0 fully saturated rings. The molecule has 0 saturated carbocycles. The van der Waals surface area contributed by atoms with Gasteiger partial charge in [-0.05, 0) is 47.5 Å². The third-order valence-electron chi connectivity index (χ3n) is 2.87. The summed E-state index contributed by atoms with van der Waals surface area (Å²) in [5.41, 5.74) is 2.02. The van der Waals surface area contributed by atoms with Crippen LogP contribution >= 0.6 is 15.9 Å². The van der Waals surface area contributed by atoms with E-state index in [1.807, 2.05) is 13.8 Å². The average Bonchev–Trinajstić information content (AvgIpc) is 2.76. The number of halogens is 2. The summed E-state index contributed by atoms with van der Waals surface area (Å²) in [4.78, 5) is 12.3. The summed E-state index contributed by atoms with van der Waals surface area (Å²) >= 11 is 3.17. The SMILES string of the molecule is CCn1nc(C)cc1C(=O)Cc1cccc(F)c1Br. The highest BCUT2D eigenvalue weighted by molar-refractivity contribution is 9.10. The lowest BCUT2D eigenvalue weighted by atomic mass is 10.1. The molecule has 0 aliphatic heterocycles. The van der Waals surface area contributed by atoms with Crippen LogP contribution in [-0.4, -0.2) is 15.6 Å². The van der Waals surface area contributed by atoms with Gasteiger partial charge in [-0.3, -0.25) is 9.48 Å². The molecule has 0 spiro atoms. The quantitative estimate of drug-likeness (QED) is 0.806. The number of benzene rings is 1. The molecule has 0 unspecified atom stereocenters. The third-order valence-corrected chi connectivity index (χ3v) is 3.76. The molecule has 0 N–H and O–H groups in total. The second kappa shape index (κ2) is 5.65. The van der Waals surface area contributed by atoms with Crippen molar-refractivity contribution in [3.8, 4) is 0 Å². The molecule has 2 aromatic rings. The van der Waals surface area contributed by atoms with Gasteiger partial charge in [-0.1, -0.05) is 12.1 Å². The lowest BCUT2D eigenvalue weighted by Gasteiger charge is -2.06. The van der Waals surface area contributed by atoms with E-state index < -0.39 is 0 Å². The van der Waals surface area contributed by atoms with Gasteiger partial charge in [0.1, 0.15) is 11.5 Å². The molecular formula is C14H14BrFN2O. The molecule has 0 saturated heterocycles. The van der Waals surface area contributed by atoms with Crippen molar-refractivity contribution in [2.75, 3.05) is 0 Å². The number of aryl methyl sites for hydroxylation is 2. The molecule has 1 heterocycles. The molecule has 0 bridgehead atoms. The Morgan fingerprint density at radius 1 is 1.47 bits per heavy atom. The van der Waals surface area contributed by atoms with Crippen LogP contribution in [-0.2, 0) is 13.0 Å². The lowest BCUT2D eigenvalue weighted by Crippen LogP contribution is -2.12. The third kappa shape index (κ3) is 2.92. The lowest BCUT2D eigenvalue weighted by molar-refractivity contribution is 0.0982. The Kier molecular flexibility index (Phi) is 4.14. The molecule has 19 heavy (non-hydrogen) atoms. The Hall–Kier alpha value is -1.49. The number of hydrogen-bond acceptors (Lipinski definition) is 2. The van der Waals surface area contributed by atoms with E-state index in [0.29, 0.717) is 22.3 Å². The van der Waals surface area contributed by atoms with E-state index in [2.05, 4.69) is 21.0 Å². The standard InChI is InChI=1S/C14H14BrFN2O/c1-3-18-12(7-9(2)17-18)13(19)8-10-5-4-6-11(16)14(10)15/h4-7H,3,8H2,1-2H3. The summed E-state index contributed by atoms with van der Waals surface area (Å²) in [6.07, 6.45) is 0.156. The molecular weight excluding hydrogens is 311 g/mol. The predicted molar refractivity (Wildman–Crippen MR) is 74.8 cm³/mol. The van der Waals surface area contributed by atoms with Gasteiger partial charge in [0.15, 0.2) is 5.78 Å². The van der Waals surface area contributed by atoms with Crippen molar-refractivity contribution in [3.05, 3.63) is 51.5 Å². The van der Waals surface area contributed by atoms with Crippen LogP contribution in [0.15, 0.2) is 28.7 Å². The Labute approximate surface area is 119 Å². The highest BCUT2D eigenvalue weighted by Gasteiger charge is 2.16. The molecule has 0 atom stereocenters. The molecule has 1 aromatic heterocycles. The zero-order valence-electron chi connectivity index (χ0n) is 10.8. The first-order valence-corrected chi connectivity index (χ1v) is 6.82. The van der Waals surface area contributed by atoms with Gasteiger partial charge in [0.2, 0.25) is 0 Å². The van der Waals surface area contributed by atoms with Crippen LogP contribution in [0.1, 0.15) is 28.7 Å². The summed E-state index contributed by atoms with van der Waals surface area (Å²) < 4.78 is 15.4. The second-order valence-corrected chi connectivity index (χ2v) is 5.09. The van der Waals surface area contributed by atoms with Crippen molar-refractivity contribution in [3.63, 3.8) is 0 Å². The van der Waals surface area contributed by atoms with Crippen LogP contribution in [0.4, 0.5) is 4.39 Å². The Bertz CT molecular complexity index is 622. The van der Waals surface area contributed by atoms with Crippen LogP contribution in [0, 0.1) is 12.7 Å². The summed E-state index contributed by atoms with van der Waals surface area (Å²) in [6.45, 7) is 4.42. The van der Waals surface area contributed by atoms with Crippen LogP contribution in [0.25, 0.3) is 0 Å². The summed E-state index contributed by atoms with van der Waals surface area (Å²) in [6, 6.07) is 6.47. The average molecular weight is 325 g/mol. The molecule has 0 amide bonds. The van der Waals surface area contributed by atoms with E-state index in [0.717, 1.165) is 5.69 Å². The molecule has 100 valence electrons. The van der Waals surface area contributed by atoms with Gasteiger partial charge in [-0.2, -0.15) is 5.10 Å². The number of ketones is 1. The molecule has 2 rings (SSSR count). The van der Waals surface area contributed by atoms with E-state index >= 15 is 0 Å². The number of aromatic nitrogens is 2. The van der Waals surface area contributed by atoms with Gasteiger partial charge < -0.3 is 0 Å². The molecule has 0 radical (unpaired) electrons. The normalized spacial score (nSPS) is 10.7. The van der Waals surface area contributed by atoms with E-state index in [1.165, 1.54) is 6.07 Å². The van der Waals surface area contributed by atoms with Crippen LogP contribution < -0.4 is 0 Å². The van der Waals surface area contributed by atoms with Crippen molar-refractivity contribution in [2.45, 2.75) is 26.8 Å². The van der Waals surface area contributed by atoms with Crippen molar-refractivity contribution in [2.24, 2.45) is 0 Å². The topological polar surface area (TPSA) is 34.9 Å². The maximum Gasteiger partial charge on any atom is 0.185 e. The van der Waals surface area contributed by atoms with Gasteiger partial charge in [-0.15, -0.1) is 0 Å². The van der Waals surface area contributed by atoms with Crippen molar-refractivity contribution >= 4 is 21.7 Å². The van der Waals surface area contributed by atoms with Crippen LogP contribution in [0.3, 0.4) is 0 Å². The predicted octanol–water partition coefficient (Wildman–Crippen LogP) is 3.54. The van der Waals surface area contributed by atoms with Crippen LogP contribution in [0.2, 0.25) is 0 Å². The monoisotopic (exact) mass is 324 g/mol. The molecule has 0 aliphatic carbocycles. The number of carbonyl (C=O) groups excluding carboxylic acids is 1. The maximum absolute atomic E-state index is 13.4. The number of nitrogens with zero attached hydrogens (tertiary/aromatic N) is 2. The van der Waals surface area contributed by atoms with Crippen molar-refractivity contribution in [1.29, 1.82) is 0 Å². The van der Waals surface area contributed by atoms with E-state index in [1.54, 1.807) is 22.9 Å². The fraction of sp³-hybridized carbons (Fsp3) is 0.286. The Morgan fingerprint density at radius 3 is 2.89 bits per heavy atom. The number of carbonyl (C=O) groups is 1. The first kappa shape index (κ1) is 13.9. The Balaban J connectivity index is 2.28. The second-order valence-electron chi connectivity index (χ2n) is 4.30. The zero-order chi connectivity index (χ0) is 14.0. The largest absolute Gasteiger partial charge is 0.292 e. The zero-order valence-corrected chi connectivity index (χ0v) is 12.4. The van der Waals surface area contributed by atoms with E-state index in [4.69, 9.17) is 0 Å². The fourth-order valence-electron chi connectivity index (χ4n) is 1.96. The van der Waals surface area contributed by atoms with E-state index in [-0.39, 0.29) is 18.0 Å². The highest BCUT2D eigenvalue weighted by atomic mass is 79.9. The summed E-state index contributed by atoms with van der Waals surface area (Å²) in [5.74, 6) is -0.417. The van der Waals surface area contributed by atoms with Gasteiger partial charge in [-0.25, -0.2) is 4.39 Å². The van der Waals surface area contributed by atoms with Crippen molar-refractivity contribution in [1.82, 2.24) is 9.78 Å². The number of Topliss-reactive ketones (excluding diaryl/α,β-unsaturated/α-hetero) is 1. The summed E-state index contributed by atoms with van der Waals surface area (Å²) in [7, 11) is 0. The first-order valence-electron chi connectivity index (χ1n) is 6.03. The molecule has 5 heteroatoms. The van der Waals surface area contributed by atoms with Crippen molar-refractivity contribution < 1.29 is 9.18 Å². The maximum atomic E-state index is 13.4. The highest BCUT2D eigenvalue weighted by Crippen LogP contribution is 2.22. The van der Waals surface area contributed by atoms with Gasteiger partial charge in [0.25, 0.3) is 0 Å². The van der Waals surface area contributed by atoms with E-state index in [9.17, 15) is 9.18 Å². The molecule has 0 aliphatic rings. The van der Waals surface area contributed by atoms with Gasteiger partial charge in [0.05, 0.1) is 10.2 Å². The Morgan fingerprint density at radius 2 is 2.21 bits per heavy atom.